The SMILES string of the molecule is COc1cc(N2CCC(N3CCN(C)CC3)CC2)ccc1Nc1nc(Nc2ccccc2P(C)(C)=O)c2[nH]ccc2n1. The highest BCUT2D eigenvalue weighted by atomic mass is 31.2. The number of benzene rings is 2. The van der Waals surface area contributed by atoms with Crippen LogP contribution in [-0.2, 0) is 4.57 Å². The lowest BCUT2D eigenvalue weighted by Crippen LogP contribution is -2.52. The number of fused-ring (bicyclic) bond motifs is 1. The van der Waals surface area contributed by atoms with Crippen molar-refractivity contribution in [2.45, 2.75) is 18.9 Å². The Morgan fingerprint density at radius 2 is 1.69 bits per heavy atom. The molecule has 10 nitrogen and oxygen atoms in total. The van der Waals surface area contributed by atoms with Gasteiger partial charge in [0.05, 0.1) is 24.0 Å². The Balaban J connectivity index is 1.19. The van der Waals surface area contributed by atoms with Crippen molar-refractivity contribution in [3.63, 3.8) is 0 Å². The summed E-state index contributed by atoms with van der Waals surface area (Å²) in [6, 6.07) is 16.5. The Kier molecular flexibility index (Phi) is 8.12. The molecule has 2 saturated heterocycles. The lowest BCUT2D eigenvalue weighted by atomic mass is 10.0. The van der Waals surface area contributed by atoms with Crippen molar-refractivity contribution >= 4 is 52.3 Å². The van der Waals surface area contributed by atoms with Crippen molar-refractivity contribution in [2.24, 2.45) is 0 Å². The lowest BCUT2D eigenvalue weighted by Gasteiger charge is -2.42. The highest BCUT2D eigenvalue weighted by molar-refractivity contribution is 7.70. The van der Waals surface area contributed by atoms with Crippen LogP contribution in [0.1, 0.15) is 12.8 Å². The topological polar surface area (TPSA) is 102 Å². The predicted molar refractivity (Wildman–Crippen MR) is 173 cm³/mol. The van der Waals surface area contributed by atoms with Crippen LogP contribution in [0.15, 0.2) is 54.7 Å². The van der Waals surface area contributed by atoms with Crippen LogP contribution in [0.3, 0.4) is 0 Å². The van der Waals surface area contributed by atoms with Crippen LogP contribution >= 0.6 is 7.14 Å². The summed E-state index contributed by atoms with van der Waals surface area (Å²) in [7, 11) is 1.40. The molecule has 0 radical (unpaired) electrons. The summed E-state index contributed by atoms with van der Waals surface area (Å²) in [6.45, 7) is 10.3. The van der Waals surface area contributed by atoms with Crippen LogP contribution in [-0.4, -0.2) is 97.5 Å². The smallest absolute Gasteiger partial charge is 0.229 e. The first kappa shape index (κ1) is 28.5. The molecule has 2 aliphatic rings. The minimum atomic E-state index is -2.50. The molecule has 2 aromatic heterocycles. The molecule has 2 aromatic carbocycles. The Bertz CT molecular complexity index is 1590. The standard InChI is InChI=1S/C31H41N8O2P/c1-37-17-19-39(20-18-37)22-12-15-38(16-13-22)23-9-10-24(27(21-23)41-2)34-31-35-26-11-14-32-29(26)30(36-31)33-25-7-5-6-8-28(25)42(3,4)40/h5-11,14,21-22,32H,12-13,15-20H2,1-4H3,(H2,33,34,35,36). The van der Waals surface area contributed by atoms with Crippen molar-refractivity contribution in [1.29, 1.82) is 0 Å². The molecule has 2 aliphatic heterocycles. The van der Waals surface area contributed by atoms with E-state index in [0.717, 1.165) is 59.6 Å². The van der Waals surface area contributed by atoms with E-state index < -0.39 is 7.14 Å². The fourth-order valence-corrected chi connectivity index (χ4v) is 7.20. The van der Waals surface area contributed by atoms with Gasteiger partial charge in [0.2, 0.25) is 5.95 Å². The third kappa shape index (κ3) is 6.11. The molecule has 0 amide bonds. The number of hydrogen-bond donors (Lipinski definition) is 3. The summed E-state index contributed by atoms with van der Waals surface area (Å²) in [5.74, 6) is 1.79. The van der Waals surface area contributed by atoms with Gasteiger partial charge in [-0.05, 0) is 63.6 Å². The van der Waals surface area contributed by atoms with Gasteiger partial charge in [0.25, 0.3) is 0 Å². The summed E-state index contributed by atoms with van der Waals surface area (Å²) < 4.78 is 18.8. The van der Waals surface area contributed by atoms with Crippen molar-refractivity contribution < 1.29 is 9.30 Å². The van der Waals surface area contributed by atoms with Gasteiger partial charge in [0.15, 0.2) is 5.82 Å². The zero-order chi connectivity index (χ0) is 29.3. The van der Waals surface area contributed by atoms with Crippen LogP contribution in [0.4, 0.5) is 28.8 Å². The first-order valence-electron chi connectivity index (χ1n) is 14.7. The number of nitrogens with zero attached hydrogens (tertiary/aromatic N) is 5. The van der Waals surface area contributed by atoms with Crippen molar-refractivity contribution in [1.82, 2.24) is 24.8 Å². The van der Waals surface area contributed by atoms with Crippen molar-refractivity contribution in [3.05, 3.63) is 54.7 Å². The van der Waals surface area contributed by atoms with Gasteiger partial charge in [-0.2, -0.15) is 4.98 Å². The molecule has 4 aromatic rings. The van der Waals surface area contributed by atoms with Gasteiger partial charge in [-0.25, -0.2) is 4.98 Å². The van der Waals surface area contributed by atoms with Gasteiger partial charge in [0.1, 0.15) is 18.4 Å². The van der Waals surface area contributed by atoms with E-state index in [1.165, 1.54) is 31.6 Å². The molecule has 11 heteroatoms. The fourth-order valence-electron chi connectivity index (χ4n) is 6.04. The van der Waals surface area contributed by atoms with E-state index >= 15 is 0 Å². The largest absolute Gasteiger partial charge is 0.494 e. The second-order valence-electron chi connectivity index (χ2n) is 11.7. The second kappa shape index (κ2) is 12.0. The number of piperazine rings is 1. The Morgan fingerprint density at radius 1 is 0.929 bits per heavy atom. The van der Waals surface area contributed by atoms with E-state index in [9.17, 15) is 4.57 Å². The summed E-state index contributed by atoms with van der Waals surface area (Å²) in [5.41, 5.74) is 4.27. The number of aromatic amines is 1. The Labute approximate surface area is 247 Å². The summed E-state index contributed by atoms with van der Waals surface area (Å²) in [5, 5.41) is 7.56. The molecule has 0 atom stereocenters. The third-order valence-corrected chi connectivity index (χ3v) is 10.0. The first-order chi connectivity index (χ1) is 20.3. The van der Waals surface area contributed by atoms with E-state index in [-0.39, 0.29) is 0 Å². The molecule has 0 unspecified atom stereocenters. The average molecular weight is 589 g/mol. The maximum absolute atomic E-state index is 12.9. The van der Waals surface area contributed by atoms with E-state index in [0.29, 0.717) is 17.8 Å². The number of likely N-dealkylation sites (N-methyl/N-ethyl adjacent to an activating group) is 1. The maximum Gasteiger partial charge on any atom is 0.229 e. The second-order valence-corrected chi connectivity index (χ2v) is 14.9. The zero-order valence-electron chi connectivity index (χ0n) is 24.9. The van der Waals surface area contributed by atoms with E-state index in [1.54, 1.807) is 20.4 Å². The van der Waals surface area contributed by atoms with Crippen molar-refractivity contribution in [2.75, 3.05) is 82.3 Å². The van der Waals surface area contributed by atoms with Gasteiger partial charge in [0, 0.05) is 68.6 Å². The molecular weight excluding hydrogens is 547 g/mol. The number of hydrogen-bond acceptors (Lipinski definition) is 9. The predicted octanol–water partition coefficient (Wildman–Crippen LogP) is 4.92. The number of methoxy groups -OCH3 is 1. The van der Waals surface area contributed by atoms with Gasteiger partial charge in [-0.3, -0.25) is 4.90 Å². The average Bonchev–Trinajstić information content (AvgIpc) is 3.47. The highest BCUT2D eigenvalue weighted by Crippen LogP contribution is 2.39. The number of ether oxygens (including phenoxy) is 1. The van der Waals surface area contributed by atoms with E-state index in [1.807, 2.05) is 42.6 Å². The number of aromatic nitrogens is 3. The van der Waals surface area contributed by atoms with Crippen LogP contribution in [0.5, 0.6) is 5.75 Å². The van der Waals surface area contributed by atoms with E-state index in [4.69, 9.17) is 14.7 Å². The molecule has 0 bridgehead atoms. The summed E-state index contributed by atoms with van der Waals surface area (Å²) in [6.07, 6.45) is 4.20. The maximum atomic E-state index is 12.9. The molecule has 0 aliphatic carbocycles. The lowest BCUT2D eigenvalue weighted by molar-refractivity contribution is 0.0982. The fraction of sp³-hybridized carbons (Fsp3) is 0.419. The van der Waals surface area contributed by atoms with Gasteiger partial charge in [-0.1, -0.05) is 12.1 Å². The molecule has 222 valence electrons. The number of rotatable bonds is 8. The van der Waals surface area contributed by atoms with Crippen LogP contribution in [0.2, 0.25) is 0 Å². The van der Waals surface area contributed by atoms with Crippen LogP contribution in [0, 0.1) is 0 Å². The zero-order valence-corrected chi connectivity index (χ0v) is 25.8. The van der Waals surface area contributed by atoms with Crippen LogP contribution < -0.4 is 25.6 Å². The Morgan fingerprint density at radius 3 is 2.43 bits per heavy atom. The summed E-state index contributed by atoms with van der Waals surface area (Å²) in [4.78, 5) is 20.3. The molecule has 0 spiro atoms. The third-order valence-electron chi connectivity index (χ3n) is 8.46. The number of anilines is 5. The normalized spacial score (nSPS) is 17.5. The number of piperidine rings is 1. The first-order valence-corrected chi connectivity index (χ1v) is 17.3. The number of H-pyrrole nitrogens is 1. The van der Waals surface area contributed by atoms with E-state index in [2.05, 4.69) is 49.5 Å². The van der Waals surface area contributed by atoms with Crippen molar-refractivity contribution in [3.8, 4) is 5.75 Å². The minimum Gasteiger partial charge on any atom is -0.494 e. The summed E-state index contributed by atoms with van der Waals surface area (Å²) >= 11 is 0. The minimum absolute atomic E-state index is 0.442. The molecule has 42 heavy (non-hydrogen) atoms. The van der Waals surface area contributed by atoms with Crippen LogP contribution in [0.25, 0.3) is 11.0 Å². The highest BCUT2D eigenvalue weighted by Gasteiger charge is 2.27. The molecule has 4 heterocycles. The number of nitrogens with one attached hydrogen (secondary N) is 3. The molecule has 3 N–H and O–H groups in total. The van der Waals surface area contributed by atoms with Gasteiger partial charge in [-0.15, -0.1) is 0 Å². The van der Waals surface area contributed by atoms with Gasteiger partial charge >= 0.3 is 0 Å². The molecular formula is C31H41N8O2P. The monoisotopic (exact) mass is 588 g/mol. The molecule has 6 rings (SSSR count). The Hall–Kier alpha value is -3.59. The molecule has 2 fully saturated rings. The molecule has 0 saturated carbocycles. The van der Waals surface area contributed by atoms with Gasteiger partial charge < -0.3 is 34.7 Å². The quantitative estimate of drug-likeness (QED) is 0.248. The number of para-hydroxylation sites is 1.